The molecule has 0 radical (unpaired) electrons. The predicted octanol–water partition coefficient (Wildman–Crippen LogP) is 5.23. The highest BCUT2D eigenvalue weighted by molar-refractivity contribution is 9.10. The molecule has 0 spiro atoms. The second-order valence-corrected chi connectivity index (χ2v) is 9.92. The molecule has 6 nitrogen and oxygen atoms in total. The number of benzene rings is 2. The first-order valence-electron chi connectivity index (χ1n) is 9.70. The van der Waals surface area contributed by atoms with Crippen LogP contribution in [0, 0.1) is 20.8 Å². The molecule has 1 saturated heterocycles. The molecule has 1 N–H and O–H groups in total. The number of amides is 2. The van der Waals surface area contributed by atoms with Gasteiger partial charge in [0.1, 0.15) is 4.32 Å². The van der Waals surface area contributed by atoms with Gasteiger partial charge in [-0.25, -0.2) is 0 Å². The van der Waals surface area contributed by atoms with E-state index in [1.165, 1.54) is 23.8 Å². The van der Waals surface area contributed by atoms with Crippen LogP contribution in [0.4, 0.5) is 5.69 Å². The number of carbonyl (C=O) groups is 2. The fraction of sp³-hybridized carbons (Fsp3) is 0.261. The zero-order valence-corrected chi connectivity index (χ0v) is 21.6. The van der Waals surface area contributed by atoms with Gasteiger partial charge in [0.25, 0.3) is 11.8 Å². The van der Waals surface area contributed by atoms with Gasteiger partial charge in [-0.1, -0.05) is 41.7 Å². The molecule has 3 rings (SSSR count). The number of thiocarbonyl (C=S) groups is 1. The molecule has 0 unspecified atom stereocenters. The maximum absolute atomic E-state index is 12.5. The Hall–Kier alpha value is -2.36. The lowest BCUT2D eigenvalue weighted by atomic mass is 10.1. The Morgan fingerprint density at radius 3 is 2.44 bits per heavy atom. The predicted molar refractivity (Wildman–Crippen MR) is 136 cm³/mol. The van der Waals surface area contributed by atoms with Gasteiger partial charge in [0, 0.05) is 12.7 Å². The van der Waals surface area contributed by atoms with E-state index < -0.39 is 0 Å². The zero-order chi connectivity index (χ0) is 23.6. The molecule has 0 bridgehead atoms. The summed E-state index contributed by atoms with van der Waals surface area (Å²) in [6.45, 7) is 5.75. The van der Waals surface area contributed by atoms with Gasteiger partial charge < -0.3 is 14.8 Å². The van der Waals surface area contributed by atoms with Crippen LogP contribution in [0.5, 0.6) is 11.5 Å². The van der Waals surface area contributed by atoms with Crippen LogP contribution < -0.4 is 14.8 Å². The lowest BCUT2D eigenvalue weighted by Crippen LogP contribution is -2.22. The van der Waals surface area contributed by atoms with Crippen LogP contribution >= 0.6 is 39.9 Å². The van der Waals surface area contributed by atoms with Crippen molar-refractivity contribution in [2.45, 2.75) is 20.8 Å². The SMILES string of the molecule is COc1cc(/C=C2\SC(=S)N(C)C2=O)cc(Br)c1OCC(=O)Nc1c(C)cc(C)cc1C. The van der Waals surface area contributed by atoms with Crippen molar-refractivity contribution >= 4 is 67.8 Å². The number of hydrogen-bond donors (Lipinski definition) is 1. The topological polar surface area (TPSA) is 67.9 Å². The van der Waals surface area contributed by atoms with Crippen molar-refractivity contribution in [2.24, 2.45) is 0 Å². The van der Waals surface area contributed by atoms with Crippen LogP contribution in [0.15, 0.2) is 33.6 Å². The number of hydrogen-bond acceptors (Lipinski definition) is 6. The minimum atomic E-state index is -0.273. The molecule has 1 fully saturated rings. The molecule has 32 heavy (non-hydrogen) atoms. The van der Waals surface area contributed by atoms with Crippen molar-refractivity contribution in [1.29, 1.82) is 0 Å². The number of carbonyl (C=O) groups excluding carboxylic acids is 2. The summed E-state index contributed by atoms with van der Waals surface area (Å²) in [7, 11) is 3.17. The van der Waals surface area contributed by atoms with Crippen molar-refractivity contribution in [3.63, 3.8) is 0 Å². The second-order valence-electron chi connectivity index (χ2n) is 7.39. The number of halogens is 1. The third-order valence-corrected chi connectivity index (χ3v) is 6.90. The standard InChI is InChI=1S/C23H23BrN2O4S2/c1-12-6-13(2)20(14(3)7-12)25-19(27)11-30-21-16(24)8-15(9-17(21)29-5)10-18-22(28)26(4)23(31)32-18/h6-10H,11H2,1-5H3,(H,25,27)/b18-10-. The van der Waals surface area contributed by atoms with Gasteiger partial charge in [-0.05, 0) is 71.6 Å². The van der Waals surface area contributed by atoms with E-state index in [2.05, 4.69) is 21.2 Å². The van der Waals surface area contributed by atoms with Gasteiger partial charge in [-0.2, -0.15) is 0 Å². The van der Waals surface area contributed by atoms with Gasteiger partial charge in [0.15, 0.2) is 18.1 Å². The summed E-state index contributed by atoms with van der Waals surface area (Å²) in [6.07, 6.45) is 1.75. The van der Waals surface area contributed by atoms with E-state index in [1.807, 2.05) is 32.9 Å². The third kappa shape index (κ3) is 5.33. The number of ether oxygens (including phenoxy) is 2. The first-order chi connectivity index (χ1) is 15.1. The molecule has 0 aromatic heterocycles. The zero-order valence-electron chi connectivity index (χ0n) is 18.4. The van der Waals surface area contributed by atoms with Gasteiger partial charge in [0.05, 0.1) is 16.5 Å². The van der Waals surface area contributed by atoms with Gasteiger partial charge in [0.2, 0.25) is 0 Å². The summed E-state index contributed by atoms with van der Waals surface area (Å²) in [5, 5.41) is 2.92. The quantitative estimate of drug-likeness (QED) is 0.404. The molecular weight excluding hydrogens is 512 g/mol. The number of nitrogens with zero attached hydrogens (tertiary/aromatic N) is 1. The summed E-state index contributed by atoms with van der Waals surface area (Å²) in [6, 6.07) is 7.59. The first kappa shape index (κ1) is 24.3. The Bertz CT molecular complexity index is 1120. The van der Waals surface area contributed by atoms with Crippen LogP contribution in [0.3, 0.4) is 0 Å². The third-order valence-electron chi connectivity index (χ3n) is 4.83. The molecule has 0 atom stereocenters. The molecule has 2 aromatic carbocycles. The average Bonchev–Trinajstić information content (AvgIpc) is 2.96. The van der Waals surface area contributed by atoms with E-state index in [4.69, 9.17) is 21.7 Å². The highest BCUT2D eigenvalue weighted by atomic mass is 79.9. The molecule has 2 aromatic rings. The number of methoxy groups -OCH3 is 1. The van der Waals surface area contributed by atoms with Crippen LogP contribution in [-0.4, -0.2) is 41.8 Å². The summed E-state index contributed by atoms with van der Waals surface area (Å²) in [5.41, 5.74) is 4.67. The van der Waals surface area contributed by atoms with E-state index in [-0.39, 0.29) is 18.4 Å². The maximum Gasteiger partial charge on any atom is 0.265 e. The Labute approximate surface area is 205 Å². The number of rotatable bonds is 6. The minimum absolute atomic E-state index is 0.145. The Morgan fingerprint density at radius 1 is 1.22 bits per heavy atom. The summed E-state index contributed by atoms with van der Waals surface area (Å²) < 4.78 is 12.3. The Kier molecular flexibility index (Phi) is 7.63. The molecule has 1 aliphatic rings. The number of nitrogens with one attached hydrogen (secondary N) is 1. The fourth-order valence-electron chi connectivity index (χ4n) is 3.35. The molecule has 2 amide bonds. The van der Waals surface area contributed by atoms with Crippen molar-refractivity contribution in [3.8, 4) is 11.5 Å². The normalized spacial score (nSPS) is 14.8. The Morgan fingerprint density at radius 2 is 1.88 bits per heavy atom. The van der Waals surface area contributed by atoms with E-state index in [0.29, 0.717) is 25.2 Å². The lowest BCUT2D eigenvalue weighted by Gasteiger charge is -2.15. The van der Waals surface area contributed by atoms with Crippen LogP contribution in [0.1, 0.15) is 22.3 Å². The summed E-state index contributed by atoms with van der Waals surface area (Å²) in [5.74, 6) is 0.423. The highest BCUT2D eigenvalue weighted by Crippen LogP contribution is 2.39. The highest BCUT2D eigenvalue weighted by Gasteiger charge is 2.28. The smallest absolute Gasteiger partial charge is 0.265 e. The largest absolute Gasteiger partial charge is 0.493 e. The molecule has 168 valence electrons. The van der Waals surface area contributed by atoms with E-state index in [0.717, 1.165) is 27.9 Å². The lowest BCUT2D eigenvalue weighted by molar-refractivity contribution is -0.121. The van der Waals surface area contributed by atoms with Crippen LogP contribution in [0.25, 0.3) is 6.08 Å². The fourth-order valence-corrected chi connectivity index (χ4v) is 5.10. The number of thioether (sulfide) groups is 1. The van der Waals surface area contributed by atoms with Crippen LogP contribution in [-0.2, 0) is 9.59 Å². The molecule has 1 aliphatic heterocycles. The number of anilines is 1. The molecule has 0 saturated carbocycles. The van der Waals surface area contributed by atoms with E-state index in [9.17, 15) is 9.59 Å². The molecular formula is C23H23BrN2O4S2. The monoisotopic (exact) mass is 534 g/mol. The summed E-state index contributed by atoms with van der Waals surface area (Å²) in [4.78, 5) is 26.7. The molecule has 0 aliphatic carbocycles. The van der Waals surface area contributed by atoms with Gasteiger partial charge in [-0.3, -0.25) is 14.5 Å². The minimum Gasteiger partial charge on any atom is -0.493 e. The molecule has 1 heterocycles. The van der Waals surface area contributed by atoms with Crippen molar-refractivity contribution in [1.82, 2.24) is 4.90 Å². The van der Waals surface area contributed by atoms with Crippen molar-refractivity contribution < 1.29 is 19.1 Å². The van der Waals surface area contributed by atoms with Gasteiger partial charge >= 0.3 is 0 Å². The molecule has 9 heteroatoms. The number of likely N-dealkylation sites (N-methyl/N-ethyl adjacent to an activating group) is 1. The van der Waals surface area contributed by atoms with Gasteiger partial charge in [-0.15, -0.1) is 0 Å². The Balaban J connectivity index is 1.76. The number of aryl methyl sites for hydroxylation is 3. The van der Waals surface area contributed by atoms with E-state index in [1.54, 1.807) is 25.3 Å². The second kappa shape index (κ2) is 10.1. The van der Waals surface area contributed by atoms with Crippen molar-refractivity contribution in [3.05, 3.63) is 55.9 Å². The maximum atomic E-state index is 12.5. The summed E-state index contributed by atoms with van der Waals surface area (Å²) >= 11 is 9.90. The average molecular weight is 535 g/mol. The first-order valence-corrected chi connectivity index (χ1v) is 11.7. The van der Waals surface area contributed by atoms with Crippen molar-refractivity contribution in [2.75, 3.05) is 26.1 Å². The van der Waals surface area contributed by atoms with E-state index >= 15 is 0 Å². The van der Waals surface area contributed by atoms with Crippen LogP contribution in [0.2, 0.25) is 0 Å².